The van der Waals surface area contributed by atoms with Gasteiger partial charge in [-0.1, -0.05) is 0 Å². The summed E-state index contributed by atoms with van der Waals surface area (Å²) in [5, 5.41) is 18.2. The number of hydrogen-bond acceptors (Lipinski definition) is 6. The number of carbonyl (C=O) groups is 2. The molecule has 0 bridgehead atoms. The lowest BCUT2D eigenvalue weighted by Gasteiger charge is -2.27. The summed E-state index contributed by atoms with van der Waals surface area (Å²) in [6.45, 7) is 2.06. The minimum atomic E-state index is -0.640. The van der Waals surface area contributed by atoms with Gasteiger partial charge >= 0.3 is 0 Å². The summed E-state index contributed by atoms with van der Waals surface area (Å²) in [7, 11) is 0. The topological polar surface area (TPSA) is 124 Å². The quantitative estimate of drug-likeness (QED) is 0.448. The number of hydrogen-bond donors (Lipinski definition) is 3. The second-order valence-corrected chi connectivity index (χ2v) is 8.27. The predicted octanol–water partition coefficient (Wildman–Crippen LogP) is 2.25. The Morgan fingerprint density at radius 3 is 2.75 bits per heavy atom. The van der Waals surface area contributed by atoms with Gasteiger partial charge in [-0.3, -0.25) is 19.7 Å². The van der Waals surface area contributed by atoms with Crippen LogP contribution in [0, 0.1) is 10.1 Å². The minimum absolute atomic E-state index is 0.0320. The normalized spacial score (nSPS) is 19.8. The summed E-state index contributed by atoms with van der Waals surface area (Å²) >= 11 is 0. The summed E-state index contributed by atoms with van der Waals surface area (Å²) in [6.07, 6.45) is 6.78. The molecule has 1 unspecified atom stereocenters. The number of fused-ring (bicyclic) bond motifs is 1. The number of nitrogens with zero attached hydrogens (tertiary/aromatic N) is 3. The smallest absolute Gasteiger partial charge is 0.274 e. The standard InChI is InChI=1S/C22H28N6O4/c29-21(26-10-3-4-11-26)15-27-12-2-1-5-19(22(27)30)25-20(14-28(31)32)24-17-6-7-18-16(13-17)8-9-23-18/h6-9,13-14,19,23-25H,1-5,10-12,15H2. The molecule has 4 rings (SSSR count). The van der Waals surface area contributed by atoms with Gasteiger partial charge in [0.25, 0.3) is 6.20 Å². The van der Waals surface area contributed by atoms with Crippen LogP contribution in [-0.4, -0.2) is 63.7 Å². The van der Waals surface area contributed by atoms with Gasteiger partial charge in [0, 0.05) is 42.4 Å². The fourth-order valence-electron chi connectivity index (χ4n) is 4.31. The molecule has 2 fully saturated rings. The van der Waals surface area contributed by atoms with Crippen molar-refractivity contribution in [2.45, 2.75) is 38.1 Å². The largest absolute Gasteiger partial charge is 0.361 e. The fourth-order valence-corrected chi connectivity index (χ4v) is 4.31. The van der Waals surface area contributed by atoms with Crippen molar-refractivity contribution < 1.29 is 14.5 Å². The highest BCUT2D eigenvalue weighted by atomic mass is 16.6. The highest BCUT2D eigenvalue weighted by Gasteiger charge is 2.30. The Morgan fingerprint density at radius 1 is 1.19 bits per heavy atom. The molecule has 2 saturated heterocycles. The molecule has 3 N–H and O–H groups in total. The first-order valence-electron chi connectivity index (χ1n) is 11.0. The number of aromatic amines is 1. The van der Waals surface area contributed by atoms with E-state index in [0.717, 1.165) is 55.9 Å². The Bertz CT molecular complexity index is 1030. The summed E-state index contributed by atoms with van der Waals surface area (Å²) < 4.78 is 0. The average molecular weight is 441 g/mol. The van der Waals surface area contributed by atoms with E-state index in [9.17, 15) is 19.7 Å². The molecule has 0 radical (unpaired) electrons. The van der Waals surface area contributed by atoms with Gasteiger partial charge in [-0.2, -0.15) is 0 Å². The first-order chi connectivity index (χ1) is 15.5. The molecule has 2 amide bonds. The van der Waals surface area contributed by atoms with E-state index < -0.39 is 11.0 Å². The average Bonchev–Trinajstić information content (AvgIpc) is 3.42. The van der Waals surface area contributed by atoms with Crippen molar-refractivity contribution in [1.29, 1.82) is 0 Å². The van der Waals surface area contributed by atoms with Crippen molar-refractivity contribution in [3.63, 3.8) is 0 Å². The van der Waals surface area contributed by atoms with E-state index in [1.54, 1.807) is 9.80 Å². The molecule has 170 valence electrons. The van der Waals surface area contributed by atoms with Crippen LogP contribution in [0.15, 0.2) is 42.5 Å². The summed E-state index contributed by atoms with van der Waals surface area (Å²) in [6, 6.07) is 6.83. The molecule has 0 saturated carbocycles. The molecule has 32 heavy (non-hydrogen) atoms. The Morgan fingerprint density at radius 2 is 1.97 bits per heavy atom. The molecule has 1 aromatic heterocycles. The number of rotatable bonds is 7. The molecule has 1 aromatic carbocycles. The molecule has 3 heterocycles. The van der Waals surface area contributed by atoms with Crippen LogP contribution < -0.4 is 10.6 Å². The van der Waals surface area contributed by atoms with Crippen molar-refractivity contribution in [3.05, 3.63) is 52.6 Å². The van der Waals surface area contributed by atoms with Crippen molar-refractivity contribution in [2.75, 3.05) is 31.5 Å². The third-order valence-corrected chi connectivity index (χ3v) is 5.96. The molecular weight excluding hydrogens is 412 g/mol. The molecule has 10 nitrogen and oxygen atoms in total. The number of likely N-dealkylation sites (tertiary alicyclic amines) is 2. The monoisotopic (exact) mass is 440 g/mol. The van der Waals surface area contributed by atoms with Crippen LogP contribution in [0.2, 0.25) is 0 Å². The van der Waals surface area contributed by atoms with E-state index in [1.165, 1.54) is 0 Å². The van der Waals surface area contributed by atoms with Crippen molar-refractivity contribution >= 4 is 28.4 Å². The van der Waals surface area contributed by atoms with Crippen molar-refractivity contribution in [3.8, 4) is 0 Å². The summed E-state index contributed by atoms with van der Waals surface area (Å²) in [4.78, 5) is 42.9. The maximum absolute atomic E-state index is 13.2. The number of H-pyrrole nitrogens is 1. The van der Waals surface area contributed by atoms with Crippen LogP contribution in [0.25, 0.3) is 10.9 Å². The molecule has 0 aliphatic carbocycles. The minimum Gasteiger partial charge on any atom is -0.361 e. The molecule has 2 aromatic rings. The Kier molecular flexibility index (Phi) is 6.58. The van der Waals surface area contributed by atoms with Crippen LogP contribution in [0.1, 0.15) is 32.1 Å². The molecule has 2 aliphatic heterocycles. The van der Waals surface area contributed by atoms with Gasteiger partial charge in [0.05, 0.1) is 11.5 Å². The van der Waals surface area contributed by atoms with Crippen LogP contribution in [0.3, 0.4) is 0 Å². The first-order valence-corrected chi connectivity index (χ1v) is 11.0. The number of nitro groups is 1. The number of amides is 2. The van der Waals surface area contributed by atoms with Crippen LogP contribution in [-0.2, 0) is 9.59 Å². The first kappa shape index (κ1) is 21.7. The summed E-state index contributed by atoms with van der Waals surface area (Å²) in [5.41, 5.74) is 1.63. The zero-order valence-corrected chi connectivity index (χ0v) is 17.9. The highest BCUT2D eigenvalue weighted by molar-refractivity contribution is 5.88. The van der Waals surface area contributed by atoms with E-state index in [0.29, 0.717) is 18.7 Å². The number of nitrogens with one attached hydrogen (secondary N) is 3. The van der Waals surface area contributed by atoms with Gasteiger partial charge in [-0.25, -0.2) is 0 Å². The maximum Gasteiger partial charge on any atom is 0.274 e. The Balaban J connectivity index is 1.46. The molecule has 1 atom stereocenters. The highest BCUT2D eigenvalue weighted by Crippen LogP contribution is 2.20. The predicted molar refractivity (Wildman–Crippen MR) is 120 cm³/mol. The van der Waals surface area contributed by atoms with Crippen LogP contribution in [0.4, 0.5) is 5.69 Å². The van der Waals surface area contributed by atoms with Gasteiger partial charge < -0.3 is 25.4 Å². The van der Waals surface area contributed by atoms with Gasteiger partial charge in [0.1, 0.15) is 6.04 Å². The lowest BCUT2D eigenvalue weighted by Crippen LogP contribution is -2.49. The number of carbonyl (C=O) groups excluding carboxylic acids is 2. The SMILES string of the molecule is O=C(CN1CCCCC(NC(=C[N+](=O)[O-])Nc2ccc3[nH]ccc3c2)C1=O)N1CCCC1. The van der Waals surface area contributed by atoms with Gasteiger partial charge in [0.15, 0.2) is 5.82 Å². The number of anilines is 1. The third-order valence-electron chi connectivity index (χ3n) is 5.96. The Labute approximate surface area is 185 Å². The number of aromatic nitrogens is 1. The van der Waals surface area contributed by atoms with E-state index in [1.807, 2.05) is 30.5 Å². The van der Waals surface area contributed by atoms with Crippen LogP contribution in [0.5, 0.6) is 0 Å². The maximum atomic E-state index is 13.2. The second-order valence-electron chi connectivity index (χ2n) is 8.27. The van der Waals surface area contributed by atoms with E-state index >= 15 is 0 Å². The van der Waals surface area contributed by atoms with Crippen molar-refractivity contribution in [1.82, 2.24) is 20.1 Å². The van der Waals surface area contributed by atoms with E-state index in [2.05, 4.69) is 15.6 Å². The molecule has 2 aliphatic rings. The molecule has 10 heteroatoms. The van der Waals surface area contributed by atoms with Crippen LogP contribution >= 0.6 is 0 Å². The van der Waals surface area contributed by atoms with Gasteiger partial charge in [0.2, 0.25) is 11.8 Å². The lowest BCUT2D eigenvalue weighted by atomic mass is 10.1. The second kappa shape index (κ2) is 9.71. The number of benzene rings is 1. The molecular formula is C22H28N6O4. The van der Waals surface area contributed by atoms with Crippen molar-refractivity contribution in [2.24, 2.45) is 0 Å². The van der Waals surface area contributed by atoms with Gasteiger partial charge in [-0.05, 0) is 56.4 Å². The van der Waals surface area contributed by atoms with E-state index in [4.69, 9.17) is 0 Å². The zero-order chi connectivity index (χ0) is 22.5. The third kappa shape index (κ3) is 5.19. The summed E-state index contributed by atoms with van der Waals surface area (Å²) in [5.74, 6) is -0.0985. The lowest BCUT2D eigenvalue weighted by molar-refractivity contribution is -0.403. The Hall–Kier alpha value is -3.56. The fraction of sp³-hybridized carbons (Fsp3) is 0.455. The van der Waals surface area contributed by atoms with Gasteiger partial charge in [-0.15, -0.1) is 0 Å². The van der Waals surface area contributed by atoms with E-state index in [-0.39, 0.29) is 24.2 Å². The molecule has 0 spiro atoms. The zero-order valence-electron chi connectivity index (χ0n) is 17.9.